The monoisotopic (exact) mass is 346 g/mol. The Morgan fingerprint density at radius 3 is 2.54 bits per heavy atom. The van der Waals surface area contributed by atoms with E-state index in [9.17, 15) is 13.5 Å². The number of nitrogens with one attached hydrogen (secondary N) is 1. The first-order valence-corrected chi connectivity index (χ1v) is 8.96. The third-order valence-corrected chi connectivity index (χ3v) is 5.53. The summed E-state index contributed by atoms with van der Waals surface area (Å²) in [6, 6.07) is 13.3. The number of aliphatic hydroxyl groups is 1. The van der Waals surface area contributed by atoms with Crippen molar-refractivity contribution in [1.29, 1.82) is 0 Å². The molecule has 0 amide bonds. The van der Waals surface area contributed by atoms with Gasteiger partial charge in [0, 0.05) is 6.54 Å². The van der Waals surface area contributed by atoms with Gasteiger partial charge in [-0.3, -0.25) is 0 Å². The molecule has 24 heavy (non-hydrogen) atoms. The highest BCUT2D eigenvalue weighted by Gasteiger charge is 2.24. The van der Waals surface area contributed by atoms with Crippen molar-refractivity contribution in [1.82, 2.24) is 9.88 Å². The summed E-state index contributed by atoms with van der Waals surface area (Å²) in [6.07, 6.45) is -0.954. The molecule has 0 radical (unpaired) electrons. The Kier molecular flexibility index (Phi) is 4.40. The van der Waals surface area contributed by atoms with Crippen LogP contribution in [0.25, 0.3) is 10.8 Å². The number of fused-ring (bicyclic) bond motifs is 1. The van der Waals surface area contributed by atoms with Gasteiger partial charge in [-0.05, 0) is 36.2 Å². The number of aryl methyl sites for hydroxylation is 2. The molecule has 0 aliphatic carbocycles. The summed E-state index contributed by atoms with van der Waals surface area (Å²) < 4.78 is 32.0. The van der Waals surface area contributed by atoms with E-state index in [2.05, 4.69) is 9.88 Å². The fourth-order valence-corrected chi connectivity index (χ4v) is 4.02. The highest BCUT2D eigenvalue weighted by molar-refractivity contribution is 7.89. The number of hydrogen-bond donors (Lipinski definition) is 2. The van der Waals surface area contributed by atoms with E-state index >= 15 is 0 Å². The van der Waals surface area contributed by atoms with Gasteiger partial charge in [0.1, 0.15) is 10.6 Å². The normalized spacial score (nSPS) is 13.3. The maximum atomic E-state index is 12.4. The molecule has 0 fully saturated rings. The molecule has 0 bridgehead atoms. The first-order valence-electron chi connectivity index (χ1n) is 7.48. The Labute approximate surface area is 140 Å². The van der Waals surface area contributed by atoms with Crippen LogP contribution in [0.1, 0.15) is 23.1 Å². The molecule has 0 aliphatic heterocycles. The molecule has 0 aliphatic rings. The van der Waals surface area contributed by atoms with Crippen molar-refractivity contribution in [3.63, 3.8) is 0 Å². The molecule has 1 aromatic heterocycles. The zero-order valence-electron chi connectivity index (χ0n) is 13.4. The van der Waals surface area contributed by atoms with Crippen molar-refractivity contribution in [2.45, 2.75) is 24.8 Å². The quantitative estimate of drug-likeness (QED) is 0.740. The third kappa shape index (κ3) is 3.19. The van der Waals surface area contributed by atoms with Crippen molar-refractivity contribution < 1.29 is 18.0 Å². The summed E-state index contributed by atoms with van der Waals surface area (Å²) >= 11 is 0. The Morgan fingerprint density at radius 2 is 1.88 bits per heavy atom. The smallest absolute Gasteiger partial charge is 0.246 e. The van der Waals surface area contributed by atoms with Crippen LogP contribution in [-0.4, -0.2) is 25.2 Å². The van der Waals surface area contributed by atoms with Crippen LogP contribution in [0, 0.1) is 13.8 Å². The summed E-state index contributed by atoms with van der Waals surface area (Å²) in [5.41, 5.74) is 0.940. The molecular formula is C17H18N2O4S. The van der Waals surface area contributed by atoms with Crippen LogP contribution in [0.4, 0.5) is 0 Å². The van der Waals surface area contributed by atoms with Gasteiger partial charge in [-0.2, -0.15) is 0 Å². The minimum Gasteiger partial charge on any atom is -0.387 e. The standard InChI is InChI=1S/C17H18N2O4S/c1-11-17(12(2)23-19-11)24(21,22)18-10-16(20)15-8-7-13-5-3-4-6-14(13)9-15/h3-9,16,18,20H,10H2,1-2H3. The topological polar surface area (TPSA) is 92.4 Å². The third-order valence-electron chi connectivity index (χ3n) is 3.86. The Morgan fingerprint density at radius 1 is 1.17 bits per heavy atom. The van der Waals surface area contributed by atoms with E-state index in [0.717, 1.165) is 10.8 Å². The zero-order valence-corrected chi connectivity index (χ0v) is 14.2. The van der Waals surface area contributed by atoms with E-state index in [1.54, 1.807) is 13.0 Å². The fourth-order valence-electron chi connectivity index (χ4n) is 2.65. The predicted molar refractivity (Wildman–Crippen MR) is 90.1 cm³/mol. The number of aliphatic hydroxyl groups excluding tert-OH is 1. The average molecular weight is 346 g/mol. The molecule has 0 saturated carbocycles. The fraction of sp³-hybridized carbons (Fsp3) is 0.235. The SMILES string of the molecule is Cc1noc(C)c1S(=O)(=O)NCC(O)c1ccc2ccccc2c1. The molecule has 7 heteroatoms. The number of benzene rings is 2. The maximum Gasteiger partial charge on any atom is 0.246 e. The molecule has 1 heterocycles. The van der Waals surface area contributed by atoms with Crippen LogP contribution in [-0.2, 0) is 10.0 Å². The Bertz CT molecular complexity index is 960. The van der Waals surface area contributed by atoms with Gasteiger partial charge in [0.15, 0.2) is 5.76 Å². The Hall–Kier alpha value is -2.22. The number of nitrogens with zero attached hydrogens (tertiary/aromatic N) is 1. The number of hydrogen-bond acceptors (Lipinski definition) is 5. The molecule has 1 unspecified atom stereocenters. The first kappa shape index (κ1) is 16.6. The van der Waals surface area contributed by atoms with Crippen molar-refractivity contribution in [2.24, 2.45) is 0 Å². The minimum absolute atomic E-state index is 0.0215. The summed E-state index contributed by atoms with van der Waals surface area (Å²) in [4.78, 5) is 0.0215. The van der Waals surface area contributed by atoms with E-state index in [4.69, 9.17) is 4.52 Å². The second kappa shape index (κ2) is 6.35. The molecule has 2 N–H and O–H groups in total. The van der Waals surface area contributed by atoms with Gasteiger partial charge in [0.25, 0.3) is 0 Å². The average Bonchev–Trinajstić information content (AvgIpc) is 2.91. The van der Waals surface area contributed by atoms with Crippen LogP contribution in [0.5, 0.6) is 0 Å². The van der Waals surface area contributed by atoms with Crippen LogP contribution in [0.2, 0.25) is 0 Å². The van der Waals surface area contributed by atoms with Crippen molar-refractivity contribution >= 4 is 20.8 Å². The lowest BCUT2D eigenvalue weighted by atomic mass is 10.0. The van der Waals surface area contributed by atoms with E-state index in [1.165, 1.54) is 6.92 Å². The number of sulfonamides is 1. The second-order valence-corrected chi connectivity index (χ2v) is 7.33. The van der Waals surface area contributed by atoms with Gasteiger partial charge in [-0.25, -0.2) is 13.1 Å². The van der Waals surface area contributed by atoms with Crippen molar-refractivity contribution in [3.8, 4) is 0 Å². The van der Waals surface area contributed by atoms with Crippen LogP contribution in [0.3, 0.4) is 0 Å². The molecule has 2 aromatic carbocycles. The zero-order chi connectivity index (χ0) is 17.3. The first-order chi connectivity index (χ1) is 11.4. The molecular weight excluding hydrogens is 328 g/mol. The van der Waals surface area contributed by atoms with Gasteiger partial charge >= 0.3 is 0 Å². The van der Waals surface area contributed by atoms with Crippen molar-refractivity contribution in [2.75, 3.05) is 6.54 Å². The van der Waals surface area contributed by atoms with Gasteiger partial charge < -0.3 is 9.63 Å². The molecule has 126 valence electrons. The van der Waals surface area contributed by atoms with E-state index in [0.29, 0.717) is 11.3 Å². The van der Waals surface area contributed by atoms with Crippen molar-refractivity contribution in [3.05, 3.63) is 59.5 Å². The predicted octanol–water partition coefficient (Wildman–Crippen LogP) is 2.46. The highest BCUT2D eigenvalue weighted by atomic mass is 32.2. The van der Waals surface area contributed by atoms with Crippen LogP contribution in [0.15, 0.2) is 51.9 Å². The van der Waals surface area contributed by atoms with Crippen LogP contribution < -0.4 is 4.72 Å². The van der Waals surface area contributed by atoms with Gasteiger partial charge in [-0.1, -0.05) is 41.6 Å². The number of rotatable bonds is 5. The van der Waals surface area contributed by atoms with E-state index < -0.39 is 16.1 Å². The Balaban J connectivity index is 1.78. The largest absolute Gasteiger partial charge is 0.387 e. The van der Waals surface area contributed by atoms with E-state index in [-0.39, 0.29) is 17.2 Å². The lowest BCUT2D eigenvalue weighted by Gasteiger charge is -2.13. The molecule has 0 saturated heterocycles. The summed E-state index contributed by atoms with van der Waals surface area (Å²) in [6.45, 7) is 2.96. The lowest BCUT2D eigenvalue weighted by molar-refractivity contribution is 0.182. The summed E-state index contributed by atoms with van der Waals surface area (Å²) in [7, 11) is -3.79. The van der Waals surface area contributed by atoms with Gasteiger partial charge in [0.05, 0.1) is 6.10 Å². The highest BCUT2D eigenvalue weighted by Crippen LogP contribution is 2.22. The molecule has 1 atom stereocenters. The summed E-state index contributed by atoms with van der Waals surface area (Å²) in [5, 5.41) is 16.0. The molecule has 3 rings (SSSR count). The van der Waals surface area contributed by atoms with Gasteiger partial charge in [-0.15, -0.1) is 0 Å². The van der Waals surface area contributed by atoms with Gasteiger partial charge in [0.2, 0.25) is 10.0 Å². The molecule has 6 nitrogen and oxygen atoms in total. The maximum absolute atomic E-state index is 12.4. The number of aromatic nitrogens is 1. The molecule has 3 aromatic rings. The van der Waals surface area contributed by atoms with Crippen LogP contribution >= 0.6 is 0 Å². The minimum atomic E-state index is -3.79. The molecule has 0 spiro atoms. The second-order valence-electron chi connectivity index (χ2n) is 5.63. The lowest BCUT2D eigenvalue weighted by Crippen LogP contribution is -2.29. The summed E-state index contributed by atoms with van der Waals surface area (Å²) in [5.74, 6) is 0.222. The van der Waals surface area contributed by atoms with E-state index in [1.807, 2.05) is 36.4 Å².